The van der Waals surface area contributed by atoms with Crippen molar-refractivity contribution in [2.45, 2.75) is 32.2 Å². The molecule has 3 aromatic heterocycles. The van der Waals surface area contributed by atoms with Gasteiger partial charge in [-0.1, -0.05) is 0 Å². The Labute approximate surface area is 171 Å². The summed E-state index contributed by atoms with van der Waals surface area (Å²) in [5, 5.41) is 14.1. The van der Waals surface area contributed by atoms with Crippen LogP contribution in [0.15, 0.2) is 24.7 Å². The van der Waals surface area contributed by atoms with Gasteiger partial charge in [-0.3, -0.25) is 9.59 Å². The third kappa shape index (κ3) is 3.84. The van der Waals surface area contributed by atoms with E-state index in [2.05, 4.69) is 20.3 Å². The maximum Gasteiger partial charge on any atom is 0.236 e. The van der Waals surface area contributed by atoms with Gasteiger partial charge in [-0.2, -0.15) is 5.26 Å². The number of Topliss-reactive ketones (excluding diaryl/α,β-unsaturated/α-hetero) is 1. The van der Waals surface area contributed by atoms with Crippen molar-refractivity contribution in [1.29, 1.82) is 5.26 Å². The summed E-state index contributed by atoms with van der Waals surface area (Å²) in [6.45, 7) is 2.75. The number of hydrogen-bond donors (Lipinski definition) is 2. The number of likely N-dealkylation sites (tertiary alicyclic amines) is 1. The third-order valence-corrected chi connectivity index (χ3v) is 6.15. The van der Waals surface area contributed by atoms with Crippen molar-refractivity contribution < 1.29 is 9.59 Å². The largest absolute Gasteiger partial charge is 0.379 e. The van der Waals surface area contributed by atoms with Gasteiger partial charge in [0.1, 0.15) is 17.1 Å². The van der Waals surface area contributed by atoms with Crippen molar-refractivity contribution in [3.05, 3.63) is 29.5 Å². The number of fused-ring (bicyclic) bond motifs is 1. The normalized spacial score (nSPS) is 16.6. The van der Waals surface area contributed by atoms with E-state index in [1.54, 1.807) is 17.3 Å². The van der Waals surface area contributed by atoms with Crippen molar-refractivity contribution >= 4 is 39.7 Å². The second kappa shape index (κ2) is 8.01. The Bertz CT molecular complexity index is 1110. The van der Waals surface area contributed by atoms with Gasteiger partial charge in [-0.05, 0) is 18.9 Å². The highest BCUT2D eigenvalue weighted by Gasteiger charge is 2.25. The molecule has 1 atom stereocenters. The summed E-state index contributed by atoms with van der Waals surface area (Å²) in [6, 6.07) is 3.94. The lowest BCUT2D eigenvalue weighted by atomic mass is 10.0. The molecule has 8 nitrogen and oxygen atoms in total. The SMILES string of the molecule is CC(=O)c1cnc(-c2cnc3[nH]ccc3c2N[C@@H]2CCCN(C(=O)CC#N)C2)s1. The number of nitrogens with one attached hydrogen (secondary N) is 2. The third-order valence-electron chi connectivity index (χ3n) is 5.02. The minimum atomic E-state index is -0.133. The van der Waals surface area contributed by atoms with Crippen LogP contribution in [0.1, 0.15) is 35.9 Å². The fourth-order valence-corrected chi connectivity index (χ4v) is 4.42. The lowest BCUT2D eigenvalue weighted by Crippen LogP contribution is -2.45. The molecule has 2 N–H and O–H groups in total. The van der Waals surface area contributed by atoms with Gasteiger partial charge in [0.15, 0.2) is 5.78 Å². The Morgan fingerprint density at radius 1 is 1.41 bits per heavy atom. The molecule has 0 radical (unpaired) electrons. The Hall–Kier alpha value is -3.25. The lowest BCUT2D eigenvalue weighted by molar-refractivity contribution is -0.131. The minimum absolute atomic E-state index is 0.0159. The number of piperidine rings is 1. The number of aromatic nitrogens is 3. The van der Waals surface area contributed by atoms with E-state index >= 15 is 0 Å². The van der Waals surface area contributed by atoms with Gasteiger partial charge in [0, 0.05) is 50.0 Å². The molecular weight excluding hydrogens is 388 g/mol. The van der Waals surface area contributed by atoms with Crippen LogP contribution in [-0.2, 0) is 4.79 Å². The summed E-state index contributed by atoms with van der Waals surface area (Å²) >= 11 is 1.34. The maximum absolute atomic E-state index is 12.1. The Morgan fingerprint density at radius 3 is 3.03 bits per heavy atom. The fourth-order valence-electron chi connectivity index (χ4n) is 3.59. The van der Waals surface area contributed by atoms with Gasteiger partial charge in [0.05, 0.1) is 22.2 Å². The number of aromatic amines is 1. The number of thiazole rings is 1. The number of nitrogens with zero attached hydrogens (tertiary/aromatic N) is 4. The van der Waals surface area contributed by atoms with Gasteiger partial charge in [-0.25, -0.2) is 9.97 Å². The predicted molar refractivity (Wildman–Crippen MR) is 111 cm³/mol. The second-order valence-electron chi connectivity index (χ2n) is 7.03. The van der Waals surface area contributed by atoms with E-state index < -0.39 is 0 Å². The lowest BCUT2D eigenvalue weighted by Gasteiger charge is -2.33. The number of H-pyrrole nitrogens is 1. The van der Waals surface area contributed by atoms with Crippen LogP contribution in [0.4, 0.5) is 5.69 Å². The molecule has 9 heteroatoms. The molecule has 4 rings (SSSR count). The van der Waals surface area contributed by atoms with Crippen molar-refractivity contribution in [3.63, 3.8) is 0 Å². The first-order valence-corrected chi connectivity index (χ1v) is 10.2. The predicted octanol–water partition coefficient (Wildman–Crippen LogP) is 3.21. The van der Waals surface area contributed by atoms with Gasteiger partial charge < -0.3 is 15.2 Å². The highest BCUT2D eigenvalue weighted by atomic mass is 32.1. The van der Waals surface area contributed by atoms with Crippen LogP contribution in [-0.4, -0.2) is 50.7 Å². The number of ketones is 1. The number of nitriles is 1. The standard InChI is InChI=1S/C20H20N6O2S/c1-12(27)16-10-24-20(29-16)15-9-23-19-14(5-7-22-19)18(15)25-13-3-2-8-26(11-13)17(28)4-6-21/h5,7,9-10,13H,2-4,8,11H2,1H3,(H2,22,23,25)/t13-/m1/s1. The molecule has 29 heavy (non-hydrogen) atoms. The number of pyridine rings is 1. The number of amides is 1. The topological polar surface area (TPSA) is 115 Å². The fraction of sp³-hybridized carbons (Fsp3) is 0.350. The number of carbonyl (C=O) groups excluding carboxylic acids is 2. The molecule has 0 aromatic carbocycles. The van der Waals surface area contributed by atoms with Crippen LogP contribution in [0.3, 0.4) is 0 Å². The monoisotopic (exact) mass is 408 g/mol. The van der Waals surface area contributed by atoms with Crippen LogP contribution in [0.25, 0.3) is 21.6 Å². The molecule has 1 aliphatic heterocycles. The van der Waals surface area contributed by atoms with Crippen LogP contribution < -0.4 is 5.32 Å². The number of rotatable bonds is 5. The van der Waals surface area contributed by atoms with Crippen LogP contribution in [0.2, 0.25) is 0 Å². The average Bonchev–Trinajstić information content (AvgIpc) is 3.38. The van der Waals surface area contributed by atoms with Crippen molar-refractivity contribution in [2.75, 3.05) is 18.4 Å². The first-order valence-electron chi connectivity index (χ1n) is 9.41. The molecule has 0 bridgehead atoms. The molecule has 0 saturated carbocycles. The van der Waals surface area contributed by atoms with E-state index in [1.807, 2.05) is 18.3 Å². The summed E-state index contributed by atoms with van der Waals surface area (Å²) in [6.07, 6.45) is 6.88. The summed E-state index contributed by atoms with van der Waals surface area (Å²) in [5.41, 5.74) is 2.48. The molecule has 1 amide bonds. The number of hydrogen-bond acceptors (Lipinski definition) is 7. The molecule has 0 unspecified atom stereocenters. The van der Waals surface area contributed by atoms with Crippen molar-refractivity contribution in [1.82, 2.24) is 19.9 Å². The first-order chi connectivity index (χ1) is 14.1. The molecule has 1 aliphatic rings. The Morgan fingerprint density at radius 2 is 2.28 bits per heavy atom. The highest BCUT2D eigenvalue weighted by molar-refractivity contribution is 7.17. The summed E-state index contributed by atoms with van der Waals surface area (Å²) < 4.78 is 0. The smallest absolute Gasteiger partial charge is 0.236 e. The molecule has 4 heterocycles. The van der Waals surface area contributed by atoms with E-state index in [0.717, 1.165) is 40.1 Å². The molecular formula is C20H20N6O2S. The minimum Gasteiger partial charge on any atom is -0.379 e. The van der Waals surface area contributed by atoms with Gasteiger partial charge in [0.2, 0.25) is 5.91 Å². The Kier molecular flexibility index (Phi) is 5.27. The summed E-state index contributed by atoms with van der Waals surface area (Å²) in [7, 11) is 0. The molecule has 0 aliphatic carbocycles. The van der Waals surface area contributed by atoms with E-state index in [4.69, 9.17) is 5.26 Å². The van der Waals surface area contributed by atoms with Crippen LogP contribution in [0, 0.1) is 11.3 Å². The van der Waals surface area contributed by atoms with Crippen LogP contribution in [0.5, 0.6) is 0 Å². The zero-order chi connectivity index (χ0) is 20.4. The van der Waals surface area contributed by atoms with Crippen molar-refractivity contribution in [3.8, 4) is 16.6 Å². The first kappa shape index (κ1) is 19.1. The molecule has 1 fully saturated rings. The molecule has 148 valence electrons. The van der Waals surface area contributed by atoms with E-state index in [1.165, 1.54) is 18.3 Å². The molecule has 3 aromatic rings. The van der Waals surface area contributed by atoms with Crippen molar-refractivity contribution in [2.24, 2.45) is 0 Å². The van der Waals surface area contributed by atoms with E-state index in [-0.39, 0.29) is 24.2 Å². The quantitative estimate of drug-likeness (QED) is 0.627. The van der Waals surface area contributed by atoms with Crippen LogP contribution >= 0.6 is 11.3 Å². The Balaban J connectivity index is 1.67. The zero-order valence-electron chi connectivity index (χ0n) is 15.9. The summed E-state index contributed by atoms with van der Waals surface area (Å²) in [4.78, 5) is 38.2. The highest BCUT2D eigenvalue weighted by Crippen LogP contribution is 2.36. The average molecular weight is 408 g/mol. The van der Waals surface area contributed by atoms with E-state index in [0.29, 0.717) is 18.0 Å². The second-order valence-corrected chi connectivity index (χ2v) is 8.06. The number of carbonyl (C=O) groups is 2. The molecule has 1 saturated heterocycles. The number of anilines is 1. The van der Waals surface area contributed by atoms with Gasteiger partial charge in [0.25, 0.3) is 0 Å². The molecule has 0 spiro atoms. The van der Waals surface area contributed by atoms with E-state index in [9.17, 15) is 9.59 Å². The zero-order valence-corrected chi connectivity index (χ0v) is 16.8. The van der Waals surface area contributed by atoms with Gasteiger partial charge in [-0.15, -0.1) is 11.3 Å². The summed E-state index contributed by atoms with van der Waals surface area (Å²) in [5.74, 6) is -0.148. The van der Waals surface area contributed by atoms with Gasteiger partial charge >= 0.3 is 0 Å². The maximum atomic E-state index is 12.1.